The van der Waals surface area contributed by atoms with Gasteiger partial charge in [0, 0.05) is 32.7 Å². The first-order valence-corrected chi connectivity index (χ1v) is 11.0. The third-order valence-electron chi connectivity index (χ3n) is 4.34. The van der Waals surface area contributed by atoms with E-state index in [9.17, 15) is 19.2 Å². The minimum Gasteiger partial charge on any atom is -0.463 e. The van der Waals surface area contributed by atoms with Crippen LogP contribution in [0.4, 0.5) is 5.69 Å². The number of hydrazine groups is 1. The number of hydrogen-bond donors (Lipinski definition) is 2. The average molecular weight is 542 g/mol. The van der Waals surface area contributed by atoms with Crippen molar-refractivity contribution in [3.05, 3.63) is 27.2 Å². The van der Waals surface area contributed by atoms with Gasteiger partial charge in [0.2, 0.25) is 0 Å². The van der Waals surface area contributed by atoms with E-state index in [1.54, 1.807) is 0 Å². The van der Waals surface area contributed by atoms with Crippen molar-refractivity contribution in [1.82, 2.24) is 5.43 Å². The van der Waals surface area contributed by atoms with Crippen LogP contribution in [0, 0.1) is 0 Å². The Morgan fingerprint density at radius 2 is 1.32 bits per heavy atom. The number of halogens is 3. The topological polar surface area (TPSA) is 138 Å². The van der Waals surface area contributed by atoms with Crippen molar-refractivity contribution in [2.24, 2.45) is 0 Å². The molecule has 1 aliphatic rings. The van der Waals surface area contributed by atoms with Crippen LogP contribution in [0.2, 0.25) is 15.1 Å². The summed E-state index contributed by atoms with van der Waals surface area (Å²) in [7, 11) is 0. The van der Waals surface area contributed by atoms with E-state index in [0.717, 1.165) is 20.8 Å². The highest BCUT2D eigenvalue weighted by molar-refractivity contribution is 6.41. The van der Waals surface area contributed by atoms with Crippen LogP contribution in [0.3, 0.4) is 0 Å². The second kappa shape index (κ2) is 12.4. The molecule has 2 rings (SSSR count). The van der Waals surface area contributed by atoms with Crippen molar-refractivity contribution in [3.63, 3.8) is 0 Å². The van der Waals surface area contributed by atoms with Crippen LogP contribution in [-0.4, -0.2) is 61.1 Å². The van der Waals surface area contributed by atoms with Crippen LogP contribution in [0.5, 0.6) is 0 Å². The molecule has 11 nitrogen and oxygen atoms in total. The Bertz CT molecular complexity index is 923. The molecule has 2 N–H and O–H groups in total. The average Bonchev–Trinajstić information content (AvgIpc) is 2.68. The second-order valence-corrected chi connectivity index (χ2v) is 8.38. The molecule has 0 saturated carbocycles. The Hall–Kier alpha value is -2.31. The van der Waals surface area contributed by atoms with Crippen molar-refractivity contribution >= 4 is 64.4 Å². The van der Waals surface area contributed by atoms with Crippen molar-refractivity contribution in [2.45, 2.75) is 58.3 Å². The fraction of sp³-hybridized carbons (Fsp3) is 0.500. The summed E-state index contributed by atoms with van der Waals surface area (Å²) in [6.45, 7) is 4.20. The normalized spacial score (nSPS) is 24.0. The molecule has 1 aliphatic heterocycles. The van der Waals surface area contributed by atoms with Crippen LogP contribution < -0.4 is 10.9 Å². The Morgan fingerprint density at radius 3 is 1.82 bits per heavy atom. The minimum absolute atomic E-state index is 0.163. The Balaban J connectivity index is 2.42. The van der Waals surface area contributed by atoms with Gasteiger partial charge in [-0.2, -0.15) is 0 Å². The fourth-order valence-corrected chi connectivity index (χ4v) is 4.06. The maximum Gasteiger partial charge on any atom is 0.303 e. The molecule has 0 aliphatic carbocycles. The molecule has 0 radical (unpaired) electrons. The molecule has 1 heterocycles. The molecule has 1 fully saturated rings. The molecule has 34 heavy (non-hydrogen) atoms. The van der Waals surface area contributed by atoms with E-state index in [2.05, 4.69) is 10.9 Å². The molecule has 0 amide bonds. The lowest BCUT2D eigenvalue weighted by Crippen LogP contribution is -2.66. The first-order valence-electron chi connectivity index (χ1n) is 9.85. The smallest absolute Gasteiger partial charge is 0.303 e. The van der Waals surface area contributed by atoms with Gasteiger partial charge in [0.25, 0.3) is 0 Å². The van der Waals surface area contributed by atoms with Gasteiger partial charge in [0.15, 0.2) is 24.5 Å². The molecule has 0 unspecified atom stereocenters. The molecule has 5 atom stereocenters. The van der Waals surface area contributed by atoms with Gasteiger partial charge in [-0.3, -0.25) is 19.2 Å². The van der Waals surface area contributed by atoms with Gasteiger partial charge in [-0.25, -0.2) is 5.43 Å². The number of rotatable bonds is 8. The van der Waals surface area contributed by atoms with Crippen LogP contribution in [0.1, 0.15) is 27.7 Å². The van der Waals surface area contributed by atoms with Crippen LogP contribution in [0.15, 0.2) is 12.1 Å². The summed E-state index contributed by atoms with van der Waals surface area (Å²) in [5.74, 6) is -2.84. The summed E-state index contributed by atoms with van der Waals surface area (Å²) in [4.78, 5) is 46.8. The van der Waals surface area contributed by atoms with E-state index in [1.165, 1.54) is 19.1 Å². The van der Waals surface area contributed by atoms with Crippen LogP contribution in [-0.2, 0) is 42.9 Å². The molecule has 0 aromatic heterocycles. The lowest BCUT2D eigenvalue weighted by atomic mass is 9.97. The summed E-state index contributed by atoms with van der Waals surface area (Å²) in [5, 5.41) is 0.624. The molecule has 0 spiro atoms. The molecule has 188 valence electrons. The van der Waals surface area contributed by atoms with E-state index in [1.807, 2.05) is 0 Å². The molecule has 1 saturated heterocycles. The van der Waals surface area contributed by atoms with Gasteiger partial charge in [-0.1, -0.05) is 34.8 Å². The minimum atomic E-state index is -1.32. The third kappa shape index (κ3) is 7.88. The van der Waals surface area contributed by atoms with Gasteiger partial charge < -0.3 is 29.1 Å². The largest absolute Gasteiger partial charge is 0.463 e. The van der Waals surface area contributed by atoms with Gasteiger partial charge in [-0.15, -0.1) is 0 Å². The van der Waals surface area contributed by atoms with E-state index >= 15 is 0 Å². The zero-order valence-corrected chi connectivity index (χ0v) is 20.8. The summed E-state index contributed by atoms with van der Waals surface area (Å²) < 4.78 is 26.9. The number of nitrogens with one attached hydrogen (secondary N) is 2. The molecular weight excluding hydrogens is 519 g/mol. The molecular formula is C20H23Cl3N2O9. The molecule has 1 aromatic rings. The van der Waals surface area contributed by atoms with Crippen LogP contribution >= 0.6 is 34.8 Å². The van der Waals surface area contributed by atoms with Crippen molar-refractivity contribution in [2.75, 3.05) is 12.0 Å². The standard InChI is InChI=1S/C20H23Cl3N2O9/c1-8(26)30-7-15-17(31-9(2)27)18(32-10(3)28)19(33-11(4)29)20(34-15)25-24-16-13(22)5-12(21)6-14(16)23/h5-6,15,17-20,24-25H,7H2,1-4H3/t15-,17+,18+,19-,20-/m1/s1. The summed E-state index contributed by atoms with van der Waals surface area (Å²) >= 11 is 18.3. The number of benzene rings is 1. The van der Waals surface area contributed by atoms with Gasteiger partial charge in [0.1, 0.15) is 12.7 Å². The highest BCUT2D eigenvalue weighted by atomic mass is 35.5. The summed E-state index contributed by atoms with van der Waals surface area (Å²) in [5.41, 5.74) is 5.73. The first-order chi connectivity index (χ1) is 15.9. The number of ether oxygens (including phenoxy) is 5. The van der Waals surface area contributed by atoms with E-state index < -0.39 is 54.5 Å². The molecule has 0 bridgehead atoms. The number of esters is 4. The van der Waals surface area contributed by atoms with Gasteiger partial charge >= 0.3 is 23.9 Å². The van der Waals surface area contributed by atoms with E-state index in [0.29, 0.717) is 5.02 Å². The number of carbonyl (C=O) groups excluding carboxylic acids is 4. The SMILES string of the molecule is CC(=O)OC[C@H]1O[C@@H](NNc2c(Cl)cc(Cl)cc2Cl)[C@H](OC(C)=O)[C@@H](OC(C)=O)[C@H]1OC(C)=O. The highest BCUT2D eigenvalue weighted by Gasteiger charge is 2.52. The molecule has 14 heteroatoms. The lowest BCUT2D eigenvalue weighted by Gasteiger charge is -2.44. The molecule has 1 aromatic carbocycles. The van der Waals surface area contributed by atoms with Crippen molar-refractivity contribution in [3.8, 4) is 0 Å². The number of hydrogen-bond acceptors (Lipinski definition) is 11. The predicted molar refractivity (Wildman–Crippen MR) is 120 cm³/mol. The monoisotopic (exact) mass is 540 g/mol. The van der Waals surface area contributed by atoms with Crippen molar-refractivity contribution < 1.29 is 42.9 Å². The number of anilines is 1. The number of carbonyl (C=O) groups is 4. The maximum absolute atomic E-state index is 11.8. The second-order valence-electron chi connectivity index (χ2n) is 7.13. The lowest BCUT2D eigenvalue weighted by molar-refractivity contribution is -0.256. The first kappa shape index (κ1) is 27.9. The van der Waals surface area contributed by atoms with Crippen LogP contribution in [0.25, 0.3) is 0 Å². The Labute approximate surface area is 210 Å². The zero-order chi connectivity index (χ0) is 25.6. The Morgan fingerprint density at radius 1 is 0.824 bits per heavy atom. The quantitative estimate of drug-likeness (QED) is 0.285. The highest BCUT2D eigenvalue weighted by Crippen LogP contribution is 2.34. The summed E-state index contributed by atoms with van der Waals surface area (Å²) in [6, 6.07) is 2.87. The van der Waals surface area contributed by atoms with E-state index in [4.69, 9.17) is 58.5 Å². The van der Waals surface area contributed by atoms with Gasteiger partial charge in [-0.05, 0) is 12.1 Å². The van der Waals surface area contributed by atoms with E-state index in [-0.39, 0.29) is 22.3 Å². The predicted octanol–water partition coefficient (Wildman–Crippen LogP) is 2.65. The fourth-order valence-electron chi connectivity index (χ4n) is 3.15. The van der Waals surface area contributed by atoms with Gasteiger partial charge in [0.05, 0.1) is 15.7 Å². The zero-order valence-electron chi connectivity index (χ0n) is 18.6. The summed E-state index contributed by atoms with van der Waals surface area (Å²) in [6.07, 6.45) is -6.24. The Kier molecular flexibility index (Phi) is 10.2. The van der Waals surface area contributed by atoms with Crippen molar-refractivity contribution in [1.29, 1.82) is 0 Å². The third-order valence-corrected chi connectivity index (χ3v) is 5.15. The maximum atomic E-state index is 11.8.